The molecule has 0 rings (SSSR count). The molecule has 0 aromatic rings. The van der Waals surface area contributed by atoms with Crippen LogP contribution in [0.1, 0.15) is 20.6 Å². The summed E-state index contributed by atoms with van der Waals surface area (Å²) < 4.78 is 36.9. The zero-order valence-corrected chi connectivity index (χ0v) is 3.32. The Kier molecular flexibility index (Phi) is 0.547. The van der Waals surface area contributed by atoms with Gasteiger partial charge in [-0.3, -0.25) is 4.79 Å². The second kappa shape index (κ2) is 2.69. The van der Waals surface area contributed by atoms with Crippen molar-refractivity contribution in [2.24, 2.45) is 0 Å². The summed E-state index contributed by atoms with van der Waals surface area (Å²) >= 11 is 0. The molecule has 0 aliphatic carbocycles. The third-order valence-electron chi connectivity index (χ3n) is 0.195. The van der Waals surface area contributed by atoms with Crippen LogP contribution in [0.15, 0.2) is 0 Å². The summed E-state index contributed by atoms with van der Waals surface area (Å²) in [5.41, 5.74) is 0. The normalized spacial score (nSPS) is 24.5. The molecule has 0 radical (unpaired) electrons. The topological polar surface area (TPSA) is 26.3 Å². The lowest BCUT2D eigenvalue weighted by Crippen LogP contribution is -1.95. The van der Waals surface area contributed by atoms with E-state index in [-0.39, 0.29) is 0 Å². The highest BCUT2D eigenvalue weighted by Crippen LogP contribution is 1.69. The van der Waals surface area contributed by atoms with E-state index in [2.05, 4.69) is 4.74 Å². The van der Waals surface area contributed by atoms with Crippen molar-refractivity contribution < 1.29 is 16.4 Å². The molecule has 2 nitrogen and oxygen atoms in total. The van der Waals surface area contributed by atoms with Gasteiger partial charge >= 0.3 is 5.97 Å². The fourth-order valence-corrected chi connectivity index (χ4v) is 0.0927. The van der Waals surface area contributed by atoms with Crippen LogP contribution in [0.4, 0.5) is 0 Å². The Morgan fingerprint density at radius 3 is 3.17 bits per heavy atom. The Morgan fingerprint density at radius 2 is 3.00 bits per heavy atom. The molecule has 6 heavy (non-hydrogen) atoms. The number of esters is 1. The van der Waals surface area contributed by atoms with E-state index >= 15 is 0 Å². The molecule has 0 spiro atoms. The second-order valence-electron chi connectivity index (χ2n) is 0.594. The van der Waals surface area contributed by atoms with E-state index in [1.165, 1.54) is 0 Å². The third kappa shape index (κ3) is 3.47. The van der Waals surface area contributed by atoms with E-state index in [9.17, 15) is 4.79 Å². The molecule has 0 amide bonds. The van der Waals surface area contributed by atoms with E-state index in [4.69, 9.17) is 6.85 Å². The van der Waals surface area contributed by atoms with Gasteiger partial charge in [-0.1, -0.05) is 0 Å². The lowest BCUT2D eigenvalue weighted by Gasteiger charge is -1.89. The SMILES string of the molecule is [2H]C([2H])(C)OC(=O)C([2H])([2H])[2H]. The summed E-state index contributed by atoms with van der Waals surface area (Å²) in [6.07, 6.45) is 0. The highest BCUT2D eigenvalue weighted by molar-refractivity contribution is 5.65. The van der Waals surface area contributed by atoms with Crippen molar-refractivity contribution in [1.29, 1.82) is 0 Å². The van der Waals surface area contributed by atoms with E-state index in [1.54, 1.807) is 0 Å². The lowest BCUT2D eigenvalue weighted by molar-refractivity contribution is -0.140. The predicted molar refractivity (Wildman–Crippen MR) is 22.3 cm³/mol. The zero-order chi connectivity index (χ0) is 9.28. The van der Waals surface area contributed by atoms with Gasteiger partial charge in [0.1, 0.15) is 0 Å². The molecule has 0 atom stereocenters. The van der Waals surface area contributed by atoms with Crippen molar-refractivity contribution in [3.63, 3.8) is 0 Å². The molecule has 0 aliphatic rings. The lowest BCUT2D eigenvalue weighted by atomic mass is 10.8. The fourth-order valence-electron chi connectivity index (χ4n) is 0.0927. The minimum atomic E-state index is -2.89. The van der Waals surface area contributed by atoms with Gasteiger partial charge in [0.05, 0.1) is 9.30 Å². The van der Waals surface area contributed by atoms with Crippen molar-refractivity contribution in [2.75, 3.05) is 6.56 Å². The van der Waals surface area contributed by atoms with Crippen LogP contribution >= 0.6 is 0 Å². The molecular weight excluding hydrogens is 80.0 g/mol. The molecule has 0 saturated carbocycles. The highest BCUT2D eigenvalue weighted by Gasteiger charge is 1.81. The molecule has 0 bridgehead atoms. The zero-order valence-electron chi connectivity index (χ0n) is 8.32. The molecule has 36 valence electrons. The van der Waals surface area contributed by atoms with Gasteiger partial charge in [0, 0.05) is 11.0 Å². The Balaban J connectivity index is 4.11. The number of rotatable bonds is 1. The van der Waals surface area contributed by atoms with E-state index in [1.807, 2.05) is 0 Å². The molecule has 0 aliphatic heterocycles. The van der Waals surface area contributed by atoms with Crippen LogP contribution in [-0.4, -0.2) is 12.5 Å². The molecule has 0 N–H and O–H groups in total. The van der Waals surface area contributed by atoms with Gasteiger partial charge in [-0.25, -0.2) is 0 Å². The number of ether oxygens (including phenoxy) is 1. The van der Waals surface area contributed by atoms with Gasteiger partial charge in [0.2, 0.25) is 0 Å². The van der Waals surface area contributed by atoms with Crippen molar-refractivity contribution in [3.8, 4) is 0 Å². The second-order valence-corrected chi connectivity index (χ2v) is 0.594. The number of hydrogen-bond acceptors (Lipinski definition) is 2. The van der Waals surface area contributed by atoms with Gasteiger partial charge in [-0.2, -0.15) is 0 Å². The highest BCUT2D eigenvalue weighted by atomic mass is 16.5. The quantitative estimate of drug-likeness (QED) is 0.443. The predicted octanol–water partition coefficient (Wildman–Crippen LogP) is 0.569. The minimum absolute atomic E-state index is 0.955. The Morgan fingerprint density at radius 1 is 2.33 bits per heavy atom. The van der Waals surface area contributed by atoms with Crippen LogP contribution < -0.4 is 0 Å². The molecule has 0 heterocycles. The van der Waals surface area contributed by atoms with Crippen LogP contribution in [0.25, 0.3) is 0 Å². The van der Waals surface area contributed by atoms with Gasteiger partial charge in [0.25, 0.3) is 0 Å². The smallest absolute Gasteiger partial charge is 0.302 e. The standard InChI is InChI=1S/C4H8O2/c1-3-6-4(2)5/h3H2,1-2H3/i2D3,3D2. The largest absolute Gasteiger partial charge is 0.466 e. The first-order chi connectivity index (χ1) is 4.63. The Hall–Kier alpha value is -0.530. The Bertz CT molecular complexity index is 155. The monoisotopic (exact) mass is 93.1 g/mol. The fraction of sp³-hybridized carbons (Fsp3) is 0.750. The molecule has 0 aromatic carbocycles. The van der Waals surface area contributed by atoms with Crippen molar-refractivity contribution >= 4 is 5.97 Å². The maximum atomic E-state index is 10.5. The first-order valence-corrected chi connectivity index (χ1v) is 1.36. The molecule has 0 aromatic heterocycles. The first-order valence-electron chi connectivity index (χ1n) is 3.86. The molecule has 0 unspecified atom stereocenters. The number of carbonyl (C=O) groups excluding carboxylic acids is 1. The third-order valence-corrected chi connectivity index (χ3v) is 0.195. The van der Waals surface area contributed by atoms with Crippen molar-refractivity contribution in [1.82, 2.24) is 0 Å². The average Bonchev–Trinajstić information content (AvgIpc) is 1.56. The Labute approximate surface area is 44.1 Å². The summed E-state index contributed by atoms with van der Waals surface area (Å²) in [4.78, 5) is 10.5. The van der Waals surface area contributed by atoms with Crippen LogP contribution in [-0.2, 0) is 9.53 Å². The first kappa shape index (κ1) is 1.22. The van der Waals surface area contributed by atoms with E-state index in [0.717, 1.165) is 6.92 Å². The van der Waals surface area contributed by atoms with Gasteiger partial charge in [0.15, 0.2) is 0 Å². The number of hydrogen-bond donors (Lipinski definition) is 0. The van der Waals surface area contributed by atoms with Crippen LogP contribution in [0, 0.1) is 0 Å². The average molecular weight is 93.1 g/mol. The van der Waals surface area contributed by atoms with Gasteiger partial charge in [-0.15, -0.1) is 0 Å². The molecule has 2 heteroatoms. The van der Waals surface area contributed by atoms with Crippen molar-refractivity contribution in [3.05, 3.63) is 0 Å². The van der Waals surface area contributed by atoms with E-state index < -0.39 is 19.4 Å². The molecule has 0 saturated heterocycles. The van der Waals surface area contributed by atoms with Crippen LogP contribution in [0.5, 0.6) is 0 Å². The van der Waals surface area contributed by atoms with E-state index in [0.29, 0.717) is 0 Å². The maximum Gasteiger partial charge on any atom is 0.302 e. The summed E-state index contributed by atoms with van der Waals surface area (Å²) in [7, 11) is 0. The van der Waals surface area contributed by atoms with Gasteiger partial charge in [-0.05, 0) is 6.92 Å². The van der Waals surface area contributed by atoms with Crippen LogP contribution in [0.2, 0.25) is 0 Å². The minimum Gasteiger partial charge on any atom is -0.466 e. The van der Waals surface area contributed by atoms with Crippen molar-refractivity contribution in [2.45, 2.75) is 13.8 Å². The maximum absolute atomic E-state index is 10.5. The summed E-state index contributed by atoms with van der Waals surface area (Å²) in [6, 6.07) is 0. The molecular formula is C4H8O2. The van der Waals surface area contributed by atoms with Gasteiger partial charge < -0.3 is 4.74 Å². The summed E-state index contributed by atoms with van der Waals surface area (Å²) in [5.74, 6) is -1.52. The summed E-state index contributed by atoms with van der Waals surface area (Å²) in [5, 5.41) is 0. The molecule has 0 fully saturated rings. The summed E-state index contributed by atoms with van der Waals surface area (Å²) in [6.45, 7) is -4.16. The van der Waals surface area contributed by atoms with Crippen LogP contribution in [0.3, 0.4) is 0 Å². The number of carbonyl (C=O) groups is 1.